The lowest BCUT2D eigenvalue weighted by atomic mass is 9.88. The largest absolute Gasteiger partial charge is 0.340 e. The van der Waals surface area contributed by atoms with Crippen molar-refractivity contribution >= 4 is 11.9 Å². The van der Waals surface area contributed by atoms with Crippen LogP contribution in [0.3, 0.4) is 0 Å². The molecule has 5 rings (SSSR count). The summed E-state index contributed by atoms with van der Waals surface area (Å²) in [4.78, 5) is 32.0. The van der Waals surface area contributed by atoms with Gasteiger partial charge in [0.2, 0.25) is 5.91 Å². The van der Waals surface area contributed by atoms with E-state index in [1.165, 1.54) is 38.6 Å². The van der Waals surface area contributed by atoms with Crippen LogP contribution in [0, 0.1) is 11.8 Å². The first-order chi connectivity index (χ1) is 13.7. The van der Waals surface area contributed by atoms with Crippen molar-refractivity contribution < 1.29 is 9.59 Å². The van der Waals surface area contributed by atoms with Crippen LogP contribution in [0.5, 0.6) is 0 Å². The van der Waals surface area contributed by atoms with Crippen LogP contribution in [0.2, 0.25) is 0 Å². The molecule has 2 atom stereocenters. The maximum atomic E-state index is 12.8. The summed E-state index contributed by atoms with van der Waals surface area (Å²) >= 11 is 0. The molecule has 0 aromatic heterocycles. The predicted octanol–water partition coefficient (Wildman–Crippen LogP) is 2.44. The second-order valence-corrected chi connectivity index (χ2v) is 9.91. The fourth-order valence-corrected chi connectivity index (χ4v) is 6.14. The molecule has 0 radical (unpaired) electrons. The molecule has 156 valence electrons. The van der Waals surface area contributed by atoms with Gasteiger partial charge in [0.05, 0.1) is 12.1 Å². The molecule has 1 N–H and O–H groups in total. The Labute approximate surface area is 169 Å². The highest BCUT2D eigenvalue weighted by Crippen LogP contribution is 2.34. The molecular weight excluding hydrogens is 352 g/mol. The zero-order valence-corrected chi connectivity index (χ0v) is 17.2. The molecule has 0 spiro atoms. The molecule has 3 saturated heterocycles. The lowest BCUT2D eigenvalue weighted by Gasteiger charge is -2.42. The number of hydrogen-bond acceptors (Lipinski definition) is 3. The molecule has 0 bridgehead atoms. The molecule has 2 unspecified atom stereocenters. The normalized spacial score (nSPS) is 33.1. The van der Waals surface area contributed by atoms with Crippen LogP contribution < -0.4 is 5.32 Å². The van der Waals surface area contributed by atoms with Crippen molar-refractivity contribution in [3.63, 3.8) is 0 Å². The van der Waals surface area contributed by atoms with Crippen LogP contribution >= 0.6 is 0 Å². The van der Waals surface area contributed by atoms with Crippen LogP contribution in [0.4, 0.5) is 4.79 Å². The van der Waals surface area contributed by atoms with E-state index in [4.69, 9.17) is 0 Å². The number of hydrogen-bond donors (Lipinski definition) is 1. The molecule has 5 aliphatic rings. The van der Waals surface area contributed by atoms with Gasteiger partial charge in [0.25, 0.3) is 0 Å². The molecule has 2 saturated carbocycles. The summed E-state index contributed by atoms with van der Waals surface area (Å²) in [7, 11) is 0. The monoisotopic (exact) mass is 388 g/mol. The first-order valence-corrected chi connectivity index (χ1v) is 11.8. The van der Waals surface area contributed by atoms with E-state index in [9.17, 15) is 9.59 Å². The van der Waals surface area contributed by atoms with E-state index in [1.807, 2.05) is 4.90 Å². The van der Waals surface area contributed by atoms with Gasteiger partial charge in [-0.3, -0.25) is 4.79 Å². The van der Waals surface area contributed by atoms with Gasteiger partial charge < -0.3 is 20.0 Å². The highest BCUT2D eigenvalue weighted by atomic mass is 16.2. The van der Waals surface area contributed by atoms with Crippen molar-refractivity contribution in [1.82, 2.24) is 20.0 Å². The third-order valence-electron chi connectivity index (χ3n) is 7.91. The highest BCUT2D eigenvalue weighted by molar-refractivity contribution is 5.82. The highest BCUT2D eigenvalue weighted by Gasteiger charge is 2.47. The number of nitrogens with one attached hydrogen (secondary N) is 1. The topological polar surface area (TPSA) is 55.9 Å². The zero-order valence-electron chi connectivity index (χ0n) is 17.2. The quantitative estimate of drug-likeness (QED) is 0.805. The average molecular weight is 389 g/mol. The zero-order chi connectivity index (χ0) is 19.1. The molecule has 2 aliphatic carbocycles. The Morgan fingerprint density at radius 2 is 1.68 bits per heavy atom. The van der Waals surface area contributed by atoms with Gasteiger partial charge in [-0.2, -0.15) is 0 Å². The van der Waals surface area contributed by atoms with Crippen molar-refractivity contribution in [3.8, 4) is 0 Å². The first-order valence-electron chi connectivity index (χ1n) is 11.8. The number of urea groups is 1. The minimum absolute atomic E-state index is 0.112. The van der Waals surface area contributed by atoms with E-state index in [1.54, 1.807) is 0 Å². The Kier molecular flexibility index (Phi) is 5.24. The summed E-state index contributed by atoms with van der Waals surface area (Å²) in [6.07, 6.45) is 12.3. The number of nitrogens with zero attached hydrogens (tertiary/aromatic N) is 3. The number of fused-ring (bicyclic) bond motifs is 1. The standard InChI is InChI=1S/C22H36N4O2/c27-21(17-6-7-17)25-13-10-20-19(15-25)23-22(28)26(20)18-8-11-24(12-9-18)14-16-4-2-1-3-5-16/h16-20H,1-15H2,(H,23,28). The number of carbonyl (C=O) groups excluding carboxylic acids is 2. The third kappa shape index (κ3) is 3.77. The predicted molar refractivity (Wildman–Crippen MR) is 108 cm³/mol. The summed E-state index contributed by atoms with van der Waals surface area (Å²) < 4.78 is 0. The summed E-state index contributed by atoms with van der Waals surface area (Å²) in [6.45, 7) is 5.07. The number of piperidine rings is 2. The summed E-state index contributed by atoms with van der Waals surface area (Å²) in [6, 6.07) is 0.902. The van der Waals surface area contributed by atoms with Gasteiger partial charge >= 0.3 is 6.03 Å². The van der Waals surface area contributed by atoms with Crippen molar-refractivity contribution in [2.24, 2.45) is 11.8 Å². The first kappa shape index (κ1) is 18.7. The molecule has 6 nitrogen and oxygen atoms in total. The van der Waals surface area contributed by atoms with Crippen LogP contribution in [-0.2, 0) is 4.79 Å². The maximum Gasteiger partial charge on any atom is 0.318 e. The molecule has 3 amide bonds. The average Bonchev–Trinajstić information content (AvgIpc) is 3.51. The van der Waals surface area contributed by atoms with E-state index in [0.717, 1.165) is 57.7 Å². The molecule has 3 aliphatic heterocycles. The van der Waals surface area contributed by atoms with Crippen LogP contribution in [0.1, 0.15) is 64.2 Å². The van der Waals surface area contributed by atoms with Gasteiger partial charge in [-0.15, -0.1) is 0 Å². The smallest absolute Gasteiger partial charge is 0.318 e. The van der Waals surface area contributed by atoms with Crippen molar-refractivity contribution in [2.45, 2.75) is 82.3 Å². The number of rotatable bonds is 4. The van der Waals surface area contributed by atoms with Gasteiger partial charge in [-0.05, 0) is 50.9 Å². The number of carbonyl (C=O) groups is 2. The second-order valence-electron chi connectivity index (χ2n) is 9.91. The van der Waals surface area contributed by atoms with E-state index < -0.39 is 0 Å². The Morgan fingerprint density at radius 1 is 0.929 bits per heavy atom. The van der Waals surface area contributed by atoms with Gasteiger partial charge in [-0.1, -0.05) is 19.3 Å². The minimum atomic E-state index is 0.112. The SMILES string of the molecule is O=C(C1CC1)N1CCC2C(C1)NC(=O)N2C1CCN(CC2CCCCC2)CC1. The van der Waals surface area contributed by atoms with Gasteiger partial charge in [0.15, 0.2) is 0 Å². The Morgan fingerprint density at radius 3 is 2.39 bits per heavy atom. The van der Waals surface area contributed by atoms with Gasteiger partial charge in [-0.25, -0.2) is 4.79 Å². The summed E-state index contributed by atoms with van der Waals surface area (Å²) in [5.74, 6) is 1.50. The van der Waals surface area contributed by atoms with Gasteiger partial charge in [0.1, 0.15) is 0 Å². The van der Waals surface area contributed by atoms with E-state index >= 15 is 0 Å². The van der Waals surface area contributed by atoms with Gasteiger partial charge in [0, 0.05) is 44.7 Å². The molecule has 0 aromatic rings. The van der Waals surface area contributed by atoms with Crippen molar-refractivity contribution in [1.29, 1.82) is 0 Å². The lowest BCUT2D eigenvalue weighted by Crippen LogP contribution is -2.55. The summed E-state index contributed by atoms with van der Waals surface area (Å²) in [5.41, 5.74) is 0. The van der Waals surface area contributed by atoms with E-state index in [2.05, 4.69) is 15.1 Å². The summed E-state index contributed by atoms with van der Waals surface area (Å²) in [5, 5.41) is 3.20. The maximum absolute atomic E-state index is 12.8. The van der Waals surface area contributed by atoms with Crippen LogP contribution in [0.15, 0.2) is 0 Å². The molecule has 6 heteroatoms. The van der Waals surface area contributed by atoms with Crippen LogP contribution in [-0.4, -0.2) is 77.5 Å². The van der Waals surface area contributed by atoms with E-state index in [0.29, 0.717) is 18.5 Å². The Hall–Kier alpha value is -1.30. The fraction of sp³-hybridized carbons (Fsp3) is 0.909. The molecule has 5 fully saturated rings. The number of likely N-dealkylation sites (tertiary alicyclic amines) is 2. The van der Waals surface area contributed by atoms with Crippen LogP contribution in [0.25, 0.3) is 0 Å². The molecule has 0 aromatic carbocycles. The van der Waals surface area contributed by atoms with E-state index in [-0.39, 0.29) is 24.0 Å². The minimum Gasteiger partial charge on any atom is -0.340 e. The van der Waals surface area contributed by atoms with Crippen molar-refractivity contribution in [3.05, 3.63) is 0 Å². The Bertz CT molecular complexity index is 593. The lowest BCUT2D eigenvalue weighted by molar-refractivity contribution is -0.134. The molecular formula is C22H36N4O2. The molecule has 3 heterocycles. The molecule has 28 heavy (non-hydrogen) atoms. The third-order valence-corrected chi connectivity index (χ3v) is 7.91. The fourth-order valence-electron chi connectivity index (χ4n) is 6.14. The van der Waals surface area contributed by atoms with Crippen molar-refractivity contribution in [2.75, 3.05) is 32.7 Å². The number of amides is 3. The second kappa shape index (κ2) is 7.85. The Balaban J connectivity index is 1.14.